The molecule has 0 N–H and O–H groups in total. The van der Waals surface area contributed by atoms with E-state index in [0.29, 0.717) is 0 Å². The van der Waals surface area contributed by atoms with Crippen molar-refractivity contribution >= 4 is 22.6 Å². The van der Waals surface area contributed by atoms with E-state index in [0.717, 1.165) is 0 Å². The van der Waals surface area contributed by atoms with Gasteiger partial charge in [-0.1, -0.05) is 35.9 Å². The third kappa shape index (κ3) is 2.39. The van der Waals surface area contributed by atoms with Gasteiger partial charge in [-0.15, -0.1) is 0 Å². The fourth-order valence-corrected chi connectivity index (χ4v) is 2.75. The first-order valence-corrected chi connectivity index (χ1v) is 6.92. The van der Waals surface area contributed by atoms with Crippen molar-refractivity contribution in [3.8, 4) is 11.1 Å². The Hall–Kier alpha value is -0.830. The molecule has 1 heteroatoms. The predicted molar refractivity (Wildman–Crippen MR) is 83.5 cm³/mol. The van der Waals surface area contributed by atoms with Crippen LogP contribution in [0.2, 0.25) is 0 Å². The minimum absolute atomic E-state index is 1.31. The highest BCUT2D eigenvalue weighted by Crippen LogP contribution is 2.32. The molecule has 0 saturated carbocycles. The molecule has 0 aromatic heterocycles. The monoisotopic (exact) mass is 336 g/mol. The normalized spacial score (nSPS) is 10.6. The summed E-state index contributed by atoms with van der Waals surface area (Å²) in [6.45, 7) is 8.73. The van der Waals surface area contributed by atoms with Gasteiger partial charge in [-0.25, -0.2) is 0 Å². The van der Waals surface area contributed by atoms with Crippen LogP contribution in [-0.4, -0.2) is 0 Å². The number of halogens is 1. The number of benzene rings is 2. The van der Waals surface area contributed by atoms with Gasteiger partial charge >= 0.3 is 0 Å². The molecule has 0 bridgehead atoms. The molecule has 0 aliphatic heterocycles. The van der Waals surface area contributed by atoms with Gasteiger partial charge in [-0.2, -0.15) is 0 Å². The lowest BCUT2D eigenvalue weighted by Crippen LogP contribution is -1.94. The van der Waals surface area contributed by atoms with Crippen molar-refractivity contribution in [2.45, 2.75) is 27.7 Å². The van der Waals surface area contributed by atoms with Gasteiger partial charge < -0.3 is 0 Å². The van der Waals surface area contributed by atoms with Crippen LogP contribution in [0.15, 0.2) is 30.3 Å². The van der Waals surface area contributed by atoms with Gasteiger partial charge in [-0.05, 0) is 78.1 Å². The highest BCUT2D eigenvalue weighted by Gasteiger charge is 2.10. The van der Waals surface area contributed by atoms with Crippen LogP contribution in [0, 0.1) is 31.3 Å². The largest absolute Gasteiger partial charge is 0.0587 e. The third-order valence-electron chi connectivity index (χ3n) is 3.22. The van der Waals surface area contributed by atoms with Crippen LogP contribution in [-0.2, 0) is 0 Å². The van der Waals surface area contributed by atoms with Crippen LogP contribution in [0.3, 0.4) is 0 Å². The first kappa shape index (κ1) is 12.6. The molecule has 2 rings (SSSR count). The van der Waals surface area contributed by atoms with E-state index >= 15 is 0 Å². The molecule has 0 aliphatic carbocycles. The minimum Gasteiger partial charge on any atom is -0.0587 e. The summed E-state index contributed by atoms with van der Waals surface area (Å²) in [5.41, 5.74) is 8.15. The first-order valence-electron chi connectivity index (χ1n) is 5.84. The Labute approximate surface area is 117 Å². The Morgan fingerprint density at radius 2 is 1.41 bits per heavy atom. The van der Waals surface area contributed by atoms with Crippen molar-refractivity contribution in [2.24, 2.45) is 0 Å². The maximum absolute atomic E-state index is 2.44. The molecule has 0 aliphatic rings. The molecule has 0 atom stereocenters. The van der Waals surface area contributed by atoms with E-state index in [1.54, 1.807) is 0 Å². The molecule has 0 unspecified atom stereocenters. The van der Waals surface area contributed by atoms with E-state index < -0.39 is 0 Å². The van der Waals surface area contributed by atoms with Crippen LogP contribution in [0.25, 0.3) is 11.1 Å². The Kier molecular flexibility index (Phi) is 3.57. The zero-order chi connectivity index (χ0) is 12.6. The zero-order valence-electron chi connectivity index (χ0n) is 10.8. The zero-order valence-corrected chi connectivity index (χ0v) is 12.9. The van der Waals surface area contributed by atoms with E-state index in [1.165, 1.54) is 37.0 Å². The van der Waals surface area contributed by atoms with Gasteiger partial charge in [0.15, 0.2) is 0 Å². The Morgan fingerprint density at radius 3 is 2.00 bits per heavy atom. The Morgan fingerprint density at radius 1 is 0.824 bits per heavy atom. The van der Waals surface area contributed by atoms with Crippen molar-refractivity contribution < 1.29 is 0 Å². The number of hydrogen-bond donors (Lipinski definition) is 0. The average Bonchev–Trinajstić information content (AvgIpc) is 2.29. The topological polar surface area (TPSA) is 0 Å². The van der Waals surface area contributed by atoms with E-state index in [-0.39, 0.29) is 0 Å². The first-order chi connectivity index (χ1) is 8.00. The Bertz CT molecular complexity index is 551. The molecule has 0 nitrogen and oxygen atoms in total. The summed E-state index contributed by atoms with van der Waals surface area (Å²) in [4.78, 5) is 0. The summed E-state index contributed by atoms with van der Waals surface area (Å²) >= 11 is 2.44. The number of aryl methyl sites for hydroxylation is 3. The van der Waals surface area contributed by atoms with Crippen molar-refractivity contribution in [1.29, 1.82) is 0 Å². The molecular formula is C16H17I. The van der Waals surface area contributed by atoms with E-state index in [1.807, 2.05) is 0 Å². The van der Waals surface area contributed by atoms with E-state index in [4.69, 9.17) is 0 Å². The molecule has 0 radical (unpaired) electrons. The fourth-order valence-electron chi connectivity index (χ4n) is 2.33. The molecule has 0 fully saturated rings. The summed E-state index contributed by atoms with van der Waals surface area (Å²) in [7, 11) is 0. The highest BCUT2D eigenvalue weighted by molar-refractivity contribution is 14.1. The van der Waals surface area contributed by atoms with Crippen LogP contribution in [0.1, 0.15) is 22.3 Å². The predicted octanol–water partition coefficient (Wildman–Crippen LogP) is 5.19. The molecule has 17 heavy (non-hydrogen) atoms. The quantitative estimate of drug-likeness (QED) is 0.629. The second-order valence-corrected chi connectivity index (χ2v) is 5.77. The molecular weight excluding hydrogens is 319 g/mol. The summed E-state index contributed by atoms with van der Waals surface area (Å²) in [6, 6.07) is 11.1. The molecule has 2 aromatic rings. The van der Waals surface area contributed by atoms with Crippen LogP contribution >= 0.6 is 22.6 Å². The maximum atomic E-state index is 2.44. The molecule has 0 saturated heterocycles. The molecule has 0 spiro atoms. The summed E-state index contributed by atoms with van der Waals surface area (Å²) in [6.07, 6.45) is 0. The summed E-state index contributed by atoms with van der Waals surface area (Å²) < 4.78 is 1.38. The molecule has 88 valence electrons. The van der Waals surface area contributed by atoms with Gasteiger partial charge in [-0.3, -0.25) is 0 Å². The van der Waals surface area contributed by atoms with Crippen molar-refractivity contribution in [3.63, 3.8) is 0 Å². The van der Waals surface area contributed by atoms with Crippen LogP contribution < -0.4 is 0 Å². The lowest BCUT2D eigenvalue weighted by molar-refractivity contribution is 1.28. The van der Waals surface area contributed by atoms with E-state index in [2.05, 4.69) is 80.6 Å². The van der Waals surface area contributed by atoms with Crippen LogP contribution in [0.5, 0.6) is 0 Å². The Balaban J connectivity index is 2.67. The third-order valence-corrected chi connectivity index (χ3v) is 4.88. The summed E-state index contributed by atoms with van der Waals surface area (Å²) in [5.74, 6) is 0. The SMILES string of the molecule is Cc1ccc(-c2c(C)cc(C)c(I)c2C)cc1. The molecule has 0 amide bonds. The van der Waals surface area contributed by atoms with Gasteiger partial charge in [0, 0.05) is 3.57 Å². The maximum Gasteiger partial charge on any atom is 0.0195 e. The number of rotatable bonds is 1. The summed E-state index contributed by atoms with van der Waals surface area (Å²) in [5, 5.41) is 0. The molecule has 2 aromatic carbocycles. The fraction of sp³-hybridized carbons (Fsp3) is 0.250. The van der Waals surface area contributed by atoms with Crippen LogP contribution in [0.4, 0.5) is 0 Å². The second-order valence-electron chi connectivity index (χ2n) is 4.69. The van der Waals surface area contributed by atoms with Crippen molar-refractivity contribution in [1.82, 2.24) is 0 Å². The second kappa shape index (κ2) is 4.81. The highest BCUT2D eigenvalue weighted by atomic mass is 127. The molecule has 0 heterocycles. The van der Waals surface area contributed by atoms with Gasteiger partial charge in [0.25, 0.3) is 0 Å². The van der Waals surface area contributed by atoms with Crippen molar-refractivity contribution in [2.75, 3.05) is 0 Å². The van der Waals surface area contributed by atoms with E-state index in [9.17, 15) is 0 Å². The average molecular weight is 336 g/mol. The minimum atomic E-state index is 1.31. The lowest BCUT2D eigenvalue weighted by atomic mass is 9.93. The van der Waals surface area contributed by atoms with Gasteiger partial charge in [0.2, 0.25) is 0 Å². The van der Waals surface area contributed by atoms with Gasteiger partial charge in [0.05, 0.1) is 0 Å². The van der Waals surface area contributed by atoms with Gasteiger partial charge in [0.1, 0.15) is 0 Å². The number of hydrogen-bond acceptors (Lipinski definition) is 0. The smallest absolute Gasteiger partial charge is 0.0195 e. The standard InChI is InChI=1S/C16H17I/c1-10-5-7-14(8-6-10)15-11(2)9-12(3)16(17)13(15)4/h5-9H,1-4H3. The van der Waals surface area contributed by atoms with Crippen molar-refractivity contribution in [3.05, 3.63) is 56.2 Å². The lowest BCUT2D eigenvalue weighted by Gasteiger charge is -2.14.